The normalized spacial score (nSPS) is 16.6. The Hall–Kier alpha value is -0.720. The number of alkyl halides is 2. The van der Waals surface area contributed by atoms with Crippen molar-refractivity contribution in [3.8, 4) is 5.75 Å². The van der Waals surface area contributed by atoms with Gasteiger partial charge in [0.15, 0.2) is 0 Å². The van der Waals surface area contributed by atoms with Crippen LogP contribution in [0.2, 0.25) is 0 Å². The maximum Gasteiger partial charge on any atom is 0.387 e. The summed E-state index contributed by atoms with van der Waals surface area (Å²) in [6, 6.07) is 5.14. The average molecular weight is 350 g/mol. The monoisotopic (exact) mass is 349 g/mol. The highest BCUT2D eigenvalue weighted by Gasteiger charge is 2.12. The number of aryl methyl sites for hydroxylation is 1. The molecule has 1 heterocycles. The summed E-state index contributed by atoms with van der Waals surface area (Å²) in [7, 11) is 0. The van der Waals surface area contributed by atoms with Gasteiger partial charge in [0.25, 0.3) is 0 Å². The molecule has 0 spiro atoms. The van der Waals surface area contributed by atoms with E-state index in [-0.39, 0.29) is 5.75 Å². The van der Waals surface area contributed by atoms with E-state index in [1.54, 1.807) is 12.1 Å². The molecule has 1 saturated heterocycles. The van der Waals surface area contributed by atoms with Crippen LogP contribution in [0.4, 0.5) is 8.78 Å². The minimum absolute atomic E-state index is 0.269. The van der Waals surface area contributed by atoms with Crippen molar-refractivity contribution in [2.24, 2.45) is 0 Å². The predicted octanol–water partition coefficient (Wildman–Crippen LogP) is 3.32. The Morgan fingerprint density at radius 3 is 2.75 bits per heavy atom. The molecule has 1 aromatic rings. The van der Waals surface area contributed by atoms with E-state index in [9.17, 15) is 8.78 Å². The molecule has 6 heteroatoms. The van der Waals surface area contributed by atoms with E-state index < -0.39 is 6.61 Å². The van der Waals surface area contributed by atoms with Crippen LogP contribution < -0.4 is 4.74 Å². The van der Waals surface area contributed by atoms with Gasteiger partial charge in [0, 0.05) is 17.6 Å². The largest absolute Gasteiger partial charge is 0.435 e. The topological polar surface area (TPSA) is 21.7 Å². The lowest BCUT2D eigenvalue weighted by molar-refractivity contribution is -0.0504. The van der Waals surface area contributed by atoms with Gasteiger partial charge in [0.05, 0.1) is 13.2 Å². The number of nitrogens with zero attached hydrogens (tertiary/aromatic N) is 1. The molecular formula is C14H18BrF2NO2. The SMILES string of the molecule is FC(F)Oc1ccc(Br)cc1CCCN1CCOCC1. The zero-order valence-corrected chi connectivity index (χ0v) is 12.7. The van der Waals surface area contributed by atoms with Crippen LogP contribution in [-0.2, 0) is 11.2 Å². The number of halogens is 3. The number of rotatable bonds is 6. The Kier molecular flexibility index (Phi) is 6.19. The highest BCUT2D eigenvalue weighted by Crippen LogP contribution is 2.26. The molecule has 3 nitrogen and oxygen atoms in total. The standard InChI is InChI=1S/C14H18BrF2NO2/c15-12-3-4-13(20-14(16)17)11(10-12)2-1-5-18-6-8-19-9-7-18/h3-4,10,14H,1-2,5-9H2. The Morgan fingerprint density at radius 1 is 1.30 bits per heavy atom. The van der Waals surface area contributed by atoms with Gasteiger partial charge < -0.3 is 9.47 Å². The summed E-state index contributed by atoms with van der Waals surface area (Å²) in [6.07, 6.45) is 1.63. The fourth-order valence-electron chi connectivity index (χ4n) is 2.27. The van der Waals surface area contributed by atoms with Crippen molar-refractivity contribution in [2.45, 2.75) is 19.5 Å². The van der Waals surface area contributed by atoms with Crippen molar-refractivity contribution in [2.75, 3.05) is 32.8 Å². The van der Waals surface area contributed by atoms with Gasteiger partial charge in [-0.2, -0.15) is 8.78 Å². The van der Waals surface area contributed by atoms with Gasteiger partial charge in [0.2, 0.25) is 0 Å². The molecule has 0 atom stereocenters. The molecule has 0 N–H and O–H groups in total. The summed E-state index contributed by atoms with van der Waals surface area (Å²) in [4.78, 5) is 2.33. The Labute approximate surface area is 126 Å². The zero-order valence-electron chi connectivity index (χ0n) is 11.2. The molecule has 0 bridgehead atoms. The number of benzene rings is 1. The summed E-state index contributed by atoms with van der Waals surface area (Å²) in [5.74, 6) is 0.269. The van der Waals surface area contributed by atoms with E-state index in [2.05, 4.69) is 25.6 Å². The smallest absolute Gasteiger partial charge is 0.387 e. The van der Waals surface area contributed by atoms with Crippen molar-refractivity contribution >= 4 is 15.9 Å². The summed E-state index contributed by atoms with van der Waals surface area (Å²) in [6.45, 7) is 1.60. The average Bonchev–Trinajstić information content (AvgIpc) is 2.42. The lowest BCUT2D eigenvalue weighted by atomic mass is 10.1. The minimum Gasteiger partial charge on any atom is -0.435 e. The Balaban J connectivity index is 1.88. The van der Waals surface area contributed by atoms with E-state index in [0.29, 0.717) is 0 Å². The van der Waals surface area contributed by atoms with Crippen LogP contribution in [0.1, 0.15) is 12.0 Å². The third kappa shape index (κ3) is 5.00. The first kappa shape index (κ1) is 15.7. The van der Waals surface area contributed by atoms with E-state index in [0.717, 1.165) is 55.7 Å². The van der Waals surface area contributed by atoms with Crippen molar-refractivity contribution < 1.29 is 18.3 Å². The van der Waals surface area contributed by atoms with Gasteiger partial charge in [-0.05, 0) is 43.1 Å². The Bertz CT molecular complexity index is 426. The van der Waals surface area contributed by atoms with Gasteiger partial charge >= 0.3 is 6.61 Å². The maximum absolute atomic E-state index is 12.4. The molecule has 1 aliphatic heterocycles. The molecule has 1 fully saturated rings. The molecule has 2 rings (SSSR count). The van der Waals surface area contributed by atoms with Crippen LogP contribution in [0.25, 0.3) is 0 Å². The molecule has 1 aliphatic rings. The predicted molar refractivity (Wildman–Crippen MR) is 76.4 cm³/mol. The van der Waals surface area contributed by atoms with Gasteiger partial charge in [-0.25, -0.2) is 0 Å². The molecule has 0 radical (unpaired) electrons. The summed E-state index contributed by atoms with van der Waals surface area (Å²) in [5, 5.41) is 0. The summed E-state index contributed by atoms with van der Waals surface area (Å²) in [5.41, 5.74) is 0.813. The molecule has 0 aromatic heterocycles. The van der Waals surface area contributed by atoms with Crippen LogP contribution in [0.5, 0.6) is 5.75 Å². The fourth-order valence-corrected chi connectivity index (χ4v) is 2.68. The molecule has 0 aliphatic carbocycles. The lowest BCUT2D eigenvalue weighted by Gasteiger charge is -2.26. The maximum atomic E-state index is 12.4. The van der Waals surface area contributed by atoms with Gasteiger partial charge in [-0.1, -0.05) is 15.9 Å². The summed E-state index contributed by atoms with van der Waals surface area (Å²) >= 11 is 3.36. The fraction of sp³-hybridized carbons (Fsp3) is 0.571. The molecule has 112 valence electrons. The van der Waals surface area contributed by atoms with Gasteiger partial charge in [-0.15, -0.1) is 0 Å². The number of hydrogen-bond donors (Lipinski definition) is 0. The van der Waals surface area contributed by atoms with Crippen LogP contribution >= 0.6 is 15.9 Å². The second kappa shape index (κ2) is 7.90. The first-order valence-corrected chi connectivity index (χ1v) is 7.48. The van der Waals surface area contributed by atoms with Crippen molar-refractivity contribution in [1.82, 2.24) is 4.90 Å². The molecular weight excluding hydrogens is 332 g/mol. The van der Waals surface area contributed by atoms with Crippen LogP contribution in [0, 0.1) is 0 Å². The Morgan fingerprint density at radius 2 is 2.05 bits per heavy atom. The zero-order chi connectivity index (χ0) is 14.4. The molecule has 0 unspecified atom stereocenters. The van der Waals surface area contributed by atoms with E-state index in [4.69, 9.17) is 4.74 Å². The third-order valence-corrected chi connectivity index (χ3v) is 3.76. The highest BCUT2D eigenvalue weighted by molar-refractivity contribution is 9.10. The van der Waals surface area contributed by atoms with Gasteiger partial charge in [0.1, 0.15) is 5.75 Å². The quantitative estimate of drug-likeness (QED) is 0.786. The van der Waals surface area contributed by atoms with Crippen molar-refractivity contribution in [1.29, 1.82) is 0 Å². The van der Waals surface area contributed by atoms with E-state index in [1.165, 1.54) is 0 Å². The number of ether oxygens (including phenoxy) is 2. The second-order valence-electron chi connectivity index (χ2n) is 4.69. The van der Waals surface area contributed by atoms with Crippen molar-refractivity contribution in [3.63, 3.8) is 0 Å². The number of morpholine rings is 1. The molecule has 20 heavy (non-hydrogen) atoms. The number of hydrogen-bond acceptors (Lipinski definition) is 3. The highest BCUT2D eigenvalue weighted by atomic mass is 79.9. The van der Waals surface area contributed by atoms with Crippen LogP contribution in [-0.4, -0.2) is 44.4 Å². The second-order valence-corrected chi connectivity index (χ2v) is 5.60. The van der Waals surface area contributed by atoms with Crippen LogP contribution in [0.15, 0.2) is 22.7 Å². The first-order valence-electron chi connectivity index (χ1n) is 6.68. The lowest BCUT2D eigenvalue weighted by Crippen LogP contribution is -2.36. The van der Waals surface area contributed by atoms with Gasteiger partial charge in [-0.3, -0.25) is 4.90 Å². The molecule has 0 saturated carbocycles. The van der Waals surface area contributed by atoms with E-state index in [1.807, 2.05) is 6.07 Å². The molecule has 1 aromatic carbocycles. The van der Waals surface area contributed by atoms with Crippen LogP contribution in [0.3, 0.4) is 0 Å². The molecule has 0 amide bonds. The third-order valence-electron chi connectivity index (χ3n) is 3.26. The summed E-state index contributed by atoms with van der Waals surface area (Å²) < 4.78 is 35.4. The van der Waals surface area contributed by atoms with E-state index >= 15 is 0 Å². The van der Waals surface area contributed by atoms with Crippen molar-refractivity contribution in [3.05, 3.63) is 28.2 Å². The first-order chi connectivity index (χ1) is 9.65. The minimum atomic E-state index is -2.78.